The van der Waals surface area contributed by atoms with Crippen LogP contribution in [0.5, 0.6) is 5.75 Å². The number of aliphatic hydroxyl groups excluding tert-OH is 1. The number of hydrogen-bond donors (Lipinski definition) is 1. The summed E-state index contributed by atoms with van der Waals surface area (Å²) in [5, 5.41) is 11.2. The molecule has 9 heteroatoms. The van der Waals surface area contributed by atoms with Gasteiger partial charge in [0.1, 0.15) is 11.6 Å². The molecule has 0 aromatic heterocycles. The Morgan fingerprint density at radius 3 is 2.27 bits per heavy atom. The van der Waals surface area contributed by atoms with Gasteiger partial charge in [-0.1, -0.05) is 35.3 Å². The van der Waals surface area contributed by atoms with Gasteiger partial charge in [-0.2, -0.15) is 0 Å². The van der Waals surface area contributed by atoms with E-state index in [1.165, 1.54) is 55.5 Å². The lowest BCUT2D eigenvalue weighted by molar-refractivity contribution is -0.140. The molecule has 0 bridgehead atoms. The number of ketones is 1. The summed E-state index contributed by atoms with van der Waals surface area (Å²) in [5.41, 5.74) is 0.446. The maximum absolute atomic E-state index is 13.4. The molecule has 2 aromatic rings. The van der Waals surface area contributed by atoms with Crippen molar-refractivity contribution < 1.29 is 28.6 Å². The number of hydrogen-bond acceptors (Lipinski definition) is 5. The van der Waals surface area contributed by atoms with E-state index in [1.807, 2.05) is 0 Å². The summed E-state index contributed by atoms with van der Waals surface area (Å²) in [6, 6.07) is 7.16. The number of halogens is 3. The zero-order chi connectivity index (χ0) is 22.0. The SMILES string of the molecule is COCCN1C(=O)C(=O)/C(=C(/O)c2cc(Cl)c(OC)c(Cl)c2)C1c1ccc(F)cc1. The number of ether oxygens (including phenoxy) is 2. The Bertz CT molecular complexity index is 1000. The number of aliphatic hydroxyl groups is 1. The molecule has 1 N–H and O–H groups in total. The maximum Gasteiger partial charge on any atom is 0.295 e. The normalized spacial score (nSPS) is 18.2. The van der Waals surface area contributed by atoms with E-state index in [0.717, 1.165) is 0 Å². The molecule has 1 amide bonds. The first-order valence-electron chi connectivity index (χ1n) is 8.86. The molecule has 1 heterocycles. The van der Waals surface area contributed by atoms with Crippen molar-refractivity contribution in [1.82, 2.24) is 4.90 Å². The quantitative estimate of drug-likeness (QED) is 0.402. The highest BCUT2D eigenvalue weighted by Crippen LogP contribution is 2.41. The largest absolute Gasteiger partial charge is 0.507 e. The average molecular weight is 454 g/mol. The molecule has 0 spiro atoms. The summed E-state index contributed by atoms with van der Waals surface area (Å²) in [4.78, 5) is 26.8. The van der Waals surface area contributed by atoms with Crippen LogP contribution >= 0.6 is 23.2 Å². The van der Waals surface area contributed by atoms with Gasteiger partial charge in [-0.05, 0) is 29.8 Å². The number of benzene rings is 2. The Hall–Kier alpha value is -2.61. The van der Waals surface area contributed by atoms with Crippen molar-refractivity contribution in [3.63, 3.8) is 0 Å². The predicted molar refractivity (Wildman–Crippen MR) is 110 cm³/mol. The third-order valence-electron chi connectivity index (χ3n) is 4.74. The number of Topliss-reactive ketones (excluding diaryl/α,β-unsaturated/α-hetero) is 1. The van der Waals surface area contributed by atoms with Crippen LogP contribution in [0.15, 0.2) is 42.0 Å². The second-order valence-corrected chi connectivity index (χ2v) is 7.32. The summed E-state index contributed by atoms with van der Waals surface area (Å²) in [6.07, 6.45) is 0. The second kappa shape index (κ2) is 9.04. The van der Waals surface area contributed by atoms with Crippen molar-refractivity contribution in [2.75, 3.05) is 27.4 Å². The summed E-state index contributed by atoms with van der Waals surface area (Å²) < 4.78 is 23.6. The molecular weight excluding hydrogens is 436 g/mol. The van der Waals surface area contributed by atoms with Gasteiger partial charge in [-0.25, -0.2) is 4.39 Å². The maximum atomic E-state index is 13.4. The number of carbonyl (C=O) groups is 2. The van der Waals surface area contributed by atoms with E-state index in [9.17, 15) is 19.1 Å². The number of nitrogens with zero attached hydrogens (tertiary/aromatic N) is 1. The van der Waals surface area contributed by atoms with E-state index >= 15 is 0 Å². The van der Waals surface area contributed by atoms with Crippen LogP contribution < -0.4 is 4.74 Å². The van der Waals surface area contributed by atoms with Gasteiger partial charge in [0.2, 0.25) is 0 Å². The van der Waals surface area contributed by atoms with Gasteiger partial charge in [0.05, 0.1) is 35.4 Å². The van der Waals surface area contributed by atoms with Gasteiger partial charge in [0, 0.05) is 19.2 Å². The van der Waals surface area contributed by atoms with Crippen molar-refractivity contribution in [2.45, 2.75) is 6.04 Å². The molecule has 0 aliphatic carbocycles. The average Bonchev–Trinajstić information content (AvgIpc) is 2.96. The fourth-order valence-corrected chi connectivity index (χ4v) is 3.98. The number of rotatable bonds is 6. The van der Waals surface area contributed by atoms with E-state index < -0.39 is 29.3 Å². The Morgan fingerprint density at radius 1 is 1.13 bits per heavy atom. The van der Waals surface area contributed by atoms with Gasteiger partial charge in [-0.3, -0.25) is 9.59 Å². The Kier molecular flexibility index (Phi) is 6.65. The van der Waals surface area contributed by atoms with Crippen molar-refractivity contribution in [1.29, 1.82) is 0 Å². The van der Waals surface area contributed by atoms with Gasteiger partial charge in [-0.15, -0.1) is 0 Å². The highest BCUT2D eigenvalue weighted by molar-refractivity contribution is 6.46. The highest BCUT2D eigenvalue weighted by atomic mass is 35.5. The first-order chi connectivity index (χ1) is 14.3. The van der Waals surface area contributed by atoms with Crippen LogP contribution in [0.25, 0.3) is 5.76 Å². The molecule has 1 atom stereocenters. The lowest BCUT2D eigenvalue weighted by atomic mass is 9.95. The second-order valence-electron chi connectivity index (χ2n) is 6.51. The molecule has 1 fully saturated rings. The molecule has 158 valence electrons. The zero-order valence-corrected chi connectivity index (χ0v) is 17.6. The number of likely N-dealkylation sites (tertiary alicyclic amines) is 1. The fourth-order valence-electron chi connectivity index (χ4n) is 3.34. The summed E-state index contributed by atoms with van der Waals surface area (Å²) >= 11 is 12.3. The molecule has 1 aliphatic heterocycles. The van der Waals surface area contributed by atoms with E-state index in [1.54, 1.807) is 0 Å². The molecule has 30 heavy (non-hydrogen) atoms. The standard InChI is InChI=1S/C21H18Cl2FNO5/c1-29-8-7-25-17(11-3-5-13(24)6-4-11)16(19(27)21(25)28)18(26)12-9-14(22)20(30-2)15(23)10-12/h3-6,9-10,17,26H,7-8H2,1-2H3/b18-16+. The van der Waals surface area contributed by atoms with Crippen LogP contribution in [0.1, 0.15) is 17.2 Å². The predicted octanol–water partition coefficient (Wildman–Crippen LogP) is 4.21. The molecule has 1 unspecified atom stereocenters. The molecule has 6 nitrogen and oxygen atoms in total. The molecule has 1 saturated heterocycles. The van der Waals surface area contributed by atoms with E-state index in [-0.39, 0.29) is 40.1 Å². The summed E-state index contributed by atoms with van der Waals surface area (Å²) in [5.74, 6) is -2.38. The third kappa shape index (κ3) is 4.01. The van der Waals surface area contributed by atoms with Gasteiger partial charge < -0.3 is 19.5 Å². The fraction of sp³-hybridized carbons (Fsp3) is 0.238. The van der Waals surface area contributed by atoms with E-state index in [4.69, 9.17) is 32.7 Å². The monoisotopic (exact) mass is 453 g/mol. The van der Waals surface area contributed by atoms with Crippen LogP contribution in [0.4, 0.5) is 4.39 Å². The zero-order valence-electron chi connectivity index (χ0n) is 16.1. The highest BCUT2D eigenvalue weighted by Gasteiger charge is 2.45. The van der Waals surface area contributed by atoms with Crippen LogP contribution in [0, 0.1) is 5.82 Å². The van der Waals surface area contributed by atoms with E-state index in [0.29, 0.717) is 5.56 Å². The lowest BCUT2D eigenvalue weighted by Crippen LogP contribution is -2.32. The van der Waals surface area contributed by atoms with Crippen LogP contribution in [0.3, 0.4) is 0 Å². The van der Waals surface area contributed by atoms with Crippen molar-refractivity contribution in [2.24, 2.45) is 0 Å². The summed E-state index contributed by atoms with van der Waals surface area (Å²) in [6.45, 7) is 0.273. The Labute approximate surface area is 182 Å². The molecule has 2 aromatic carbocycles. The molecule has 0 saturated carbocycles. The van der Waals surface area contributed by atoms with Crippen LogP contribution in [0.2, 0.25) is 10.0 Å². The minimum Gasteiger partial charge on any atom is -0.507 e. The first-order valence-corrected chi connectivity index (χ1v) is 9.62. The molecule has 0 radical (unpaired) electrons. The van der Waals surface area contributed by atoms with Gasteiger partial charge >= 0.3 is 0 Å². The molecular formula is C21H18Cl2FNO5. The lowest BCUT2D eigenvalue weighted by Gasteiger charge is -2.25. The van der Waals surface area contributed by atoms with Crippen molar-refractivity contribution in [3.8, 4) is 5.75 Å². The Morgan fingerprint density at radius 2 is 1.73 bits per heavy atom. The third-order valence-corrected chi connectivity index (χ3v) is 5.30. The topological polar surface area (TPSA) is 76.1 Å². The minimum absolute atomic E-state index is 0.101. The van der Waals surface area contributed by atoms with Crippen molar-refractivity contribution >= 4 is 40.7 Å². The minimum atomic E-state index is -0.930. The van der Waals surface area contributed by atoms with Crippen LogP contribution in [-0.4, -0.2) is 49.1 Å². The van der Waals surface area contributed by atoms with Crippen molar-refractivity contribution in [3.05, 3.63) is 69.0 Å². The number of methoxy groups -OCH3 is 2. The smallest absolute Gasteiger partial charge is 0.295 e. The van der Waals surface area contributed by atoms with Gasteiger partial charge in [0.25, 0.3) is 11.7 Å². The molecule has 3 rings (SSSR count). The summed E-state index contributed by atoms with van der Waals surface area (Å²) in [7, 11) is 2.85. The first kappa shape index (κ1) is 22.1. The number of carbonyl (C=O) groups excluding carboxylic acids is 2. The van der Waals surface area contributed by atoms with Crippen LogP contribution in [-0.2, 0) is 14.3 Å². The molecule has 1 aliphatic rings. The van der Waals surface area contributed by atoms with Gasteiger partial charge in [0.15, 0.2) is 5.75 Å². The number of amides is 1. The Balaban J connectivity index is 2.19. The van der Waals surface area contributed by atoms with E-state index in [2.05, 4.69) is 0 Å².